The SMILES string of the molecule is COc1cc(NC(=O)c2cccs2)c(C(=O)OCC(=O)NNC(=O)c2ccccc2)cc1OC. The number of methoxy groups -OCH3 is 2. The molecule has 10 nitrogen and oxygen atoms in total. The Labute approximate surface area is 198 Å². The number of carbonyl (C=O) groups is 4. The van der Waals surface area contributed by atoms with Crippen molar-refractivity contribution in [3.63, 3.8) is 0 Å². The zero-order chi connectivity index (χ0) is 24.5. The fourth-order valence-electron chi connectivity index (χ4n) is 2.78. The number of esters is 1. The van der Waals surface area contributed by atoms with Crippen molar-refractivity contribution in [2.75, 3.05) is 26.1 Å². The van der Waals surface area contributed by atoms with E-state index in [9.17, 15) is 19.2 Å². The van der Waals surface area contributed by atoms with Crippen molar-refractivity contribution in [1.82, 2.24) is 10.9 Å². The van der Waals surface area contributed by atoms with E-state index in [-0.39, 0.29) is 22.7 Å². The third-order valence-corrected chi connectivity index (χ3v) is 5.29. The summed E-state index contributed by atoms with van der Waals surface area (Å²) in [6, 6.07) is 14.4. The van der Waals surface area contributed by atoms with Gasteiger partial charge in [0, 0.05) is 17.7 Å². The molecule has 1 heterocycles. The van der Waals surface area contributed by atoms with Gasteiger partial charge in [0.15, 0.2) is 18.1 Å². The van der Waals surface area contributed by atoms with Gasteiger partial charge < -0.3 is 19.5 Å². The number of hydrogen-bond donors (Lipinski definition) is 3. The zero-order valence-corrected chi connectivity index (χ0v) is 19.1. The van der Waals surface area contributed by atoms with Crippen LogP contribution in [0, 0.1) is 0 Å². The van der Waals surface area contributed by atoms with E-state index in [0.29, 0.717) is 10.4 Å². The second kappa shape index (κ2) is 11.5. The molecule has 3 rings (SSSR count). The van der Waals surface area contributed by atoms with Crippen LogP contribution in [-0.4, -0.2) is 44.5 Å². The van der Waals surface area contributed by atoms with Gasteiger partial charge in [-0.05, 0) is 23.6 Å². The molecule has 0 atom stereocenters. The number of anilines is 1. The number of rotatable bonds is 8. The number of nitrogens with one attached hydrogen (secondary N) is 3. The molecule has 0 aliphatic carbocycles. The van der Waals surface area contributed by atoms with E-state index in [1.807, 2.05) is 0 Å². The Morgan fingerprint density at radius 2 is 1.56 bits per heavy atom. The molecular formula is C23H21N3O7S. The first-order valence-electron chi connectivity index (χ1n) is 9.85. The first kappa shape index (κ1) is 24.3. The molecule has 2 aromatic carbocycles. The van der Waals surface area contributed by atoms with Crippen molar-refractivity contribution >= 4 is 40.7 Å². The van der Waals surface area contributed by atoms with Crippen molar-refractivity contribution in [3.05, 3.63) is 76.0 Å². The summed E-state index contributed by atoms with van der Waals surface area (Å²) in [5.74, 6) is -2.12. The Balaban J connectivity index is 1.68. The van der Waals surface area contributed by atoms with Crippen molar-refractivity contribution < 1.29 is 33.4 Å². The van der Waals surface area contributed by atoms with Gasteiger partial charge in [0.1, 0.15) is 0 Å². The lowest BCUT2D eigenvalue weighted by Crippen LogP contribution is -2.43. The quantitative estimate of drug-likeness (QED) is 0.331. The van der Waals surface area contributed by atoms with Gasteiger partial charge >= 0.3 is 5.97 Å². The minimum absolute atomic E-state index is 0.0522. The largest absolute Gasteiger partial charge is 0.493 e. The molecule has 1 aromatic heterocycles. The number of ether oxygens (including phenoxy) is 3. The molecule has 11 heteroatoms. The van der Waals surface area contributed by atoms with E-state index < -0.39 is 30.3 Å². The molecule has 0 bridgehead atoms. The third kappa shape index (κ3) is 6.11. The van der Waals surface area contributed by atoms with Gasteiger partial charge in [-0.25, -0.2) is 4.79 Å². The van der Waals surface area contributed by atoms with Crippen LogP contribution >= 0.6 is 11.3 Å². The Morgan fingerprint density at radius 3 is 2.21 bits per heavy atom. The fraction of sp³-hybridized carbons (Fsp3) is 0.130. The minimum Gasteiger partial charge on any atom is -0.493 e. The highest BCUT2D eigenvalue weighted by Crippen LogP contribution is 2.34. The number of hydrogen-bond acceptors (Lipinski definition) is 8. The van der Waals surface area contributed by atoms with Crippen LogP contribution in [0.3, 0.4) is 0 Å². The lowest BCUT2D eigenvalue weighted by atomic mass is 10.1. The van der Waals surface area contributed by atoms with E-state index in [4.69, 9.17) is 14.2 Å². The number of amides is 3. The molecule has 34 heavy (non-hydrogen) atoms. The molecule has 0 spiro atoms. The average molecular weight is 484 g/mol. The summed E-state index contributed by atoms with van der Waals surface area (Å²) in [6.45, 7) is -0.680. The van der Waals surface area contributed by atoms with Gasteiger partial charge in [-0.15, -0.1) is 11.3 Å². The van der Waals surface area contributed by atoms with Gasteiger partial charge in [0.25, 0.3) is 17.7 Å². The number of benzene rings is 2. The lowest BCUT2D eigenvalue weighted by molar-refractivity contribution is -0.125. The lowest BCUT2D eigenvalue weighted by Gasteiger charge is -2.15. The monoisotopic (exact) mass is 483 g/mol. The zero-order valence-electron chi connectivity index (χ0n) is 18.2. The van der Waals surface area contributed by atoms with E-state index >= 15 is 0 Å². The molecule has 0 saturated heterocycles. The molecule has 176 valence electrons. The highest BCUT2D eigenvalue weighted by molar-refractivity contribution is 7.12. The summed E-state index contributed by atoms with van der Waals surface area (Å²) in [4.78, 5) is 49.7. The maximum Gasteiger partial charge on any atom is 0.340 e. The second-order valence-electron chi connectivity index (χ2n) is 6.63. The van der Waals surface area contributed by atoms with Crippen LogP contribution in [0.5, 0.6) is 11.5 Å². The van der Waals surface area contributed by atoms with Crippen LogP contribution in [-0.2, 0) is 9.53 Å². The van der Waals surface area contributed by atoms with E-state index in [2.05, 4.69) is 16.2 Å². The molecule has 0 saturated carbocycles. The Hall–Kier alpha value is -4.38. The van der Waals surface area contributed by atoms with Crippen LogP contribution in [0.1, 0.15) is 30.4 Å². The highest BCUT2D eigenvalue weighted by atomic mass is 32.1. The number of hydrazine groups is 1. The predicted molar refractivity (Wildman–Crippen MR) is 124 cm³/mol. The summed E-state index contributed by atoms with van der Waals surface area (Å²) >= 11 is 1.23. The van der Waals surface area contributed by atoms with E-state index in [0.717, 1.165) is 0 Å². The summed E-state index contributed by atoms with van der Waals surface area (Å²) in [7, 11) is 2.80. The summed E-state index contributed by atoms with van der Waals surface area (Å²) in [6.07, 6.45) is 0. The average Bonchev–Trinajstić information content (AvgIpc) is 3.41. The summed E-state index contributed by atoms with van der Waals surface area (Å²) < 4.78 is 15.5. The van der Waals surface area contributed by atoms with Gasteiger partial charge in [-0.2, -0.15) is 0 Å². The smallest absolute Gasteiger partial charge is 0.340 e. The van der Waals surface area contributed by atoms with E-state index in [1.54, 1.807) is 47.8 Å². The van der Waals surface area contributed by atoms with Crippen LogP contribution in [0.2, 0.25) is 0 Å². The van der Waals surface area contributed by atoms with Crippen LogP contribution in [0.25, 0.3) is 0 Å². The van der Waals surface area contributed by atoms with Crippen molar-refractivity contribution in [2.45, 2.75) is 0 Å². The van der Waals surface area contributed by atoms with Crippen molar-refractivity contribution in [1.29, 1.82) is 0 Å². The predicted octanol–water partition coefficient (Wildman–Crippen LogP) is 2.64. The number of thiophene rings is 1. The Morgan fingerprint density at radius 1 is 0.853 bits per heavy atom. The van der Waals surface area contributed by atoms with Crippen LogP contribution in [0.15, 0.2) is 60.0 Å². The molecule has 0 unspecified atom stereocenters. The molecule has 3 aromatic rings. The van der Waals surface area contributed by atoms with Crippen molar-refractivity contribution in [2.24, 2.45) is 0 Å². The van der Waals surface area contributed by atoms with Gasteiger partial charge in [0.05, 0.1) is 30.3 Å². The number of carbonyl (C=O) groups excluding carboxylic acids is 4. The standard InChI is InChI=1S/C23H21N3O7S/c1-31-17-11-15(16(12-18(17)32-2)24-22(29)19-9-6-10-34-19)23(30)33-13-20(27)25-26-21(28)14-7-4-3-5-8-14/h3-12H,13H2,1-2H3,(H,24,29)(H,25,27)(H,26,28). The second-order valence-corrected chi connectivity index (χ2v) is 7.58. The Bertz CT molecular complexity index is 1180. The molecule has 3 amide bonds. The highest BCUT2D eigenvalue weighted by Gasteiger charge is 2.21. The molecule has 0 aliphatic rings. The molecule has 0 fully saturated rings. The molecule has 0 radical (unpaired) electrons. The maximum absolute atomic E-state index is 12.7. The van der Waals surface area contributed by atoms with Crippen molar-refractivity contribution in [3.8, 4) is 11.5 Å². The molecular weight excluding hydrogens is 462 g/mol. The van der Waals surface area contributed by atoms with Gasteiger partial charge in [0.2, 0.25) is 0 Å². The van der Waals surface area contributed by atoms with Gasteiger partial charge in [-0.1, -0.05) is 24.3 Å². The van der Waals surface area contributed by atoms with E-state index in [1.165, 1.54) is 37.7 Å². The first-order chi connectivity index (χ1) is 16.4. The van der Waals surface area contributed by atoms with Gasteiger partial charge in [-0.3, -0.25) is 25.2 Å². The summed E-state index contributed by atoms with van der Waals surface area (Å²) in [5.41, 5.74) is 4.79. The minimum atomic E-state index is -0.896. The summed E-state index contributed by atoms with van der Waals surface area (Å²) in [5, 5.41) is 4.39. The first-order valence-corrected chi connectivity index (χ1v) is 10.7. The maximum atomic E-state index is 12.7. The Kier molecular flexibility index (Phi) is 8.19. The van der Waals surface area contributed by atoms with Crippen LogP contribution < -0.4 is 25.6 Å². The third-order valence-electron chi connectivity index (χ3n) is 4.42. The van der Waals surface area contributed by atoms with Crippen LogP contribution in [0.4, 0.5) is 5.69 Å². The molecule has 0 aliphatic heterocycles. The normalized spacial score (nSPS) is 10.1. The topological polar surface area (TPSA) is 132 Å². The molecule has 3 N–H and O–H groups in total. The fourth-order valence-corrected chi connectivity index (χ4v) is 3.40.